The molecule has 0 aliphatic heterocycles. The molecular formula is C23H15ClF5N5. The second-order valence-electron chi connectivity index (χ2n) is 7.34. The van der Waals surface area contributed by atoms with Crippen LogP contribution in [0, 0.1) is 22.5 Å². The fourth-order valence-corrected chi connectivity index (χ4v) is 3.72. The first-order chi connectivity index (χ1) is 16.0. The molecule has 0 saturated heterocycles. The molecule has 0 saturated carbocycles. The third kappa shape index (κ3) is 4.12. The summed E-state index contributed by atoms with van der Waals surface area (Å²) in [7, 11) is 1.59. The van der Waals surface area contributed by atoms with Crippen molar-refractivity contribution in [3.63, 3.8) is 0 Å². The summed E-state index contributed by atoms with van der Waals surface area (Å²) in [4.78, 5) is 5.69. The third-order valence-corrected chi connectivity index (χ3v) is 5.56. The lowest BCUT2D eigenvalue weighted by molar-refractivity contribution is -0.137. The molecule has 1 heterocycles. The molecule has 2 N–H and O–H groups in total. The first-order valence-corrected chi connectivity index (χ1v) is 10.1. The lowest BCUT2D eigenvalue weighted by Crippen LogP contribution is -2.26. The topological polar surface area (TPSA) is 68.8 Å². The van der Waals surface area contributed by atoms with Crippen molar-refractivity contribution >= 4 is 40.3 Å². The van der Waals surface area contributed by atoms with Crippen molar-refractivity contribution in [1.29, 1.82) is 10.8 Å². The molecule has 0 radical (unpaired) electrons. The number of benzene rings is 3. The van der Waals surface area contributed by atoms with Gasteiger partial charge in [0.15, 0.2) is 0 Å². The van der Waals surface area contributed by atoms with Gasteiger partial charge in [0.25, 0.3) is 0 Å². The number of fused-ring (bicyclic) bond motifs is 1. The van der Waals surface area contributed by atoms with E-state index in [9.17, 15) is 22.0 Å². The molecule has 174 valence electrons. The highest BCUT2D eigenvalue weighted by atomic mass is 35.5. The van der Waals surface area contributed by atoms with Crippen LogP contribution in [0.2, 0.25) is 5.02 Å². The Kier molecular flexibility index (Phi) is 5.86. The van der Waals surface area contributed by atoms with Gasteiger partial charge in [-0.2, -0.15) is 18.2 Å². The van der Waals surface area contributed by atoms with Gasteiger partial charge in [0.2, 0.25) is 5.62 Å². The Hall–Kier alpha value is -3.79. The molecule has 0 fully saturated rings. The van der Waals surface area contributed by atoms with E-state index in [1.54, 1.807) is 19.2 Å². The Bertz CT molecular complexity index is 1500. The molecule has 0 aliphatic rings. The maximum absolute atomic E-state index is 14.5. The normalized spacial score (nSPS) is 11.6. The minimum Gasteiger partial charge on any atom is -0.329 e. The van der Waals surface area contributed by atoms with Crippen LogP contribution in [0.4, 0.5) is 33.5 Å². The molecule has 0 spiro atoms. The molecule has 11 heteroatoms. The first kappa shape index (κ1) is 23.4. The Balaban J connectivity index is 1.84. The first-order valence-electron chi connectivity index (χ1n) is 9.68. The summed E-state index contributed by atoms with van der Waals surface area (Å²) < 4.78 is 68.5. The fraction of sp³-hybridized carbons (Fsp3) is 0.0870. The predicted octanol–water partition coefficient (Wildman–Crippen LogP) is 6.36. The standard InChI is InChI=1S/C23H15ClF5N5/c1-33(21-16-9-19(26)17(24)10-20(16)34(11-30)22(31)32-21)14-4-2-3-12(7-14)15-6-5-13(8-18(15)25)23(27,28)29/h2-11,30-31H,1H3. The highest BCUT2D eigenvalue weighted by Gasteiger charge is 2.31. The van der Waals surface area contributed by atoms with Gasteiger partial charge in [-0.05, 0) is 42.0 Å². The molecule has 0 unspecified atom stereocenters. The molecule has 0 bridgehead atoms. The number of anilines is 2. The number of aromatic nitrogens is 2. The predicted molar refractivity (Wildman–Crippen MR) is 120 cm³/mol. The zero-order chi connectivity index (χ0) is 24.8. The second-order valence-corrected chi connectivity index (χ2v) is 7.75. The molecule has 0 aliphatic carbocycles. The van der Waals surface area contributed by atoms with E-state index in [1.807, 2.05) is 0 Å². The van der Waals surface area contributed by atoms with E-state index in [1.165, 1.54) is 23.1 Å². The van der Waals surface area contributed by atoms with Gasteiger partial charge < -0.3 is 4.90 Å². The van der Waals surface area contributed by atoms with Crippen LogP contribution in [0.1, 0.15) is 5.56 Å². The lowest BCUT2D eigenvalue weighted by atomic mass is 10.0. The van der Waals surface area contributed by atoms with Gasteiger partial charge in [-0.3, -0.25) is 15.4 Å². The van der Waals surface area contributed by atoms with Crippen LogP contribution >= 0.6 is 11.6 Å². The Morgan fingerprint density at radius 3 is 2.41 bits per heavy atom. The van der Waals surface area contributed by atoms with Gasteiger partial charge in [-0.1, -0.05) is 29.8 Å². The molecule has 1 aromatic heterocycles. The molecule has 4 rings (SSSR count). The zero-order valence-electron chi connectivity index (χ0n) is 17.4. The molecule has 4 aromatic rings. The van der Waals surface area contributed by atoms with Crippen LogP contribution in [0.3, 0.4) is 0 Å². The lowest BCUT2D eigenvalue weighted by Gasteiger charge is -2.22. The van der Waals surface area contributed by atoms with Crippen LogP contribution in [0.25, 0.3) is 22.0 Å². The Labute approximate surface area is 194 Å². The summed E-state index contributed by atoms with van der Waals surface area (Å²) in [6, 6.07) is 11.0. The van der Waals surface area contributed by atoms with Gasteiger partial charge in [0, 0.05) is 23.7 Å². The highest BCUT2D eigenvalue weighted by Crippen LogP contribution is 2.35. The molecule has 3 aromatic carbocycles. The van der Waals surface area contributed by atoms with E-state index in [0.29, 0.717) is 17.3 Å². The largest absolute Gasteiger partial charge is 0.416 e. The van der Waals surface area contributed by atoms with Gasteiger partial charge in [-0.25, -0.2) is 8.78 Å². The van der Waals surface area contributed by atoms with Crippen molar-refractivity contribution in [2.24, 2.45) is 0 Å². The maximum atomic E-state index is 14.5. The number of rotatable bonds is 4. The summed E-state index contributed by atoms with van der Waals surface area (Å²) in [5.41, 5.74) is -0.399. The number of hydrogen-bond acceptors (Lipinski definition) is 4. The van der Waals surface area contributed by atoms with E-state index >= 15 is 0 Å². The summed E-state index contributed by atoms with van der Waals surface area (Å²) in [5, 5.41) is 15.8. The monoisotopic (exact) mass is 491 g/mol. The number of halogens is 6. The SMILES string of the molecule is CN(c1cccc(-c2ccc(C(F)(F)F)cc2F)c1)c1nc(=N)n(C=N)c2cc(Cl)c(F)cc12. The second kappa shape index (κ2) is 8.53. The van der Waals surface area contributed by atoms with Crippen LogP contribution in [0.15, 0.2) is 54.6 Å². The number of nitrogens with one attached hydrogen (secondary N) is 2. The van der Waals surface area contributed by atoms with Crippen molar-refractivity contribution in [1.82, 2.24) is 9.55 Å². The van der Waals surface area contributed by atoms with Gasteiger partial charge in [-0.15, -0.1) is 0 Å². The molecule has 0 amide bonds. The van der Waals surface area contributed by atoms with E-state index in [2.05, 4.69) is 4.98 Å². The summed E-state index contributed by atoms with van der Waals surface area (Å²) in [5.74, 6) is -1.59. The van der Waals surface area contributed by atoms with Gasteiger partial charge in [0.1, 0.15) is 17.5 Å². The van der Waals surface area contributed by atoms with E-state index in [-0.39, 0.29) is 32.9 Å². The van der Waals surface area contributed by atoms with E-state index in [4.69, 9.17) is 22.4 Å². The summed E-state index contributed by atoms with van der Waals surface area (Å²) in [6.07, 6.45) is -3.81. The minimum absolute atomic E-state index is 0.0326. The van der Waals surface area contributed by atoms with Crippen LogP contribution in [-0.2, 0) is 6.18 Å². The Morgan fingerprint density at radius 2 is 1.76 bits per heavy atom. The highest BCUT2D eigenvalue weighted by molar-refractivity contribution is 6.31. The zero-order valence-corrected chi connectivity index (χ0v) is 18.1. The summed E-state index contributed by atoms with van der Waals surface area (Å²) >= 11 is 5.90. The fourth-order valence-electron chi connectivity index (χ4n) is 3.56. The smallest absolute Gasteiger partial charge is 0.329 e. The van der Waals surface area contributed by atoms with Crippen LogP contribution in [-0.4, -0.2) is 22.9 Å². The Morgan fingerprint density at radius 1 is 1.03 bits per heavy atom. The van der Waals surface area contributed by atoms with Crippen molar-refractivity contribution < 1.29 is 22.0 Å². The minimum atomic E-state index is -4.67. The number of nitrogens with zero attached hydrogens (tertiary/aromatic N) is 3. The molecular weight excluding hydrogens is 477 g/mol. The van der Waals surface area contributed by atoms with Crippen molar-refractivity contribution in [2.45, 2.75) is 6.18 Å². The van der Waals surface area contributed by atoms with Crippen LogP contribution < -0.4 is 10.5 Å². The average molecular weight is 492 g/mol. The van der Waals surface area contributed by atoms with Crippen LogP contribution in [0.5, 0.6) is 0 Å². The van der Waals surface area contributed by atoms with Crippen molar-refractivity contribution in [3.05, 3.63) is 82.4 Å². The van der Waals surface area contributed by atoms with Crippen molar-refractivity contribution in [2.75, 3.05) is 11.9 Å². The average Bonchev–Trinajstić information content (AvgIpc) is 2.79. The van der Waals surface area contributed by atoms with E-state index < -0.39 is 23.4 Å². The van der Waals surface area contributed by atoms with E-state index in [0.717, 1.165) is 29.1 Å². The quantitative estimate of drug-likeness (QED) is 0.198. The van der Waals surface area contributed by atoms with Gasteiger partial charge >= 0.3 is 6.18 Å². The number of hydrogen-bond donors (Lipinski definition) is 2. The molecule has 0 atom stereocenters. The summed E-state index contributed by atoms with van der Waals surface area (Å²) in [6.45, 7) is 0. The number of alkyl halides is 3. The maximum Gasteiger partial charge on any atom is 0.416 e. The third-order valence-electron chi connectivity index (χ3n) is 5.27. The molecule has 34 heavy (non-hydrogen) atoms. The van der Waals surface area contributed by atoms with Gasteiger partial charge in [0.05, 0.1) is 22.4 Å². The van der Waals surface area contributed by atoms with Crippen molar-refractivity contribution in [3.8, 4) is 11.1 Å². The molecule has 5 nitrogen and oxygen atoms in total.